The Morgan fingerprint density at radius 1 is 1.40 bits per heavy atom. The van der Waals surface area contributed by atoms with E-state index in [4.69, 9.17) is 10.6 Å². The van der Waals surface area contributed by atoms with Gasteiger partial charge in [-0.15, -0.1) is 0 Å². The van der Waals surface area contributed by atoms with Crippen molar-refractivity contribution in [2.75, 3.05) is 6.61 Å². The largest absolute Gasteiger partial charge is 0.376 e. The third-order valence-electron chi connectivity index (χ3n) is 3.92. The molecule has 0 aliphatic heterocycles. The molecule has 20 heavy (non-hydrogen) atoms. The van der Waals surface area contributed by atoms with Gasteiger partial charge >= 0.3 is 0 Å². The molecule has 3 N–H and O–H groups in total. The normalized spacial score (nSPS) is 18.1. The number of aromatic nitrogens is 1. The van der Waals surface area contributed by atoms with Gasteiger partial charge in [0, 0.05) is 18.2 Å². The molecule has 4 nitrogen and oxygen atoms in total. The molecule has 1 saturated carbocycles. The Morgan fingerprint density at radius 2 is 2.20 bits per heavy atom. The Morgan fingerprint density at radius 3 is 2.90 bits per heavy atom. The van der Waals surface area contributed by atoms with Crippen molar-refractivity contribution in [3.8, 4) is 0 Å². The minimum Gasteiger partial charge on any atom is -0.376 e. The average Bonchev–Trinajstić information content (AvgIpc) is 3.31. The average molecular weight is 271 g/mol. The fourth-order valence-corrected chi connectivity index (χ4v) is 2.76. The molecule has 4 heteroatoms. The lowest BCUT2D eigenvalue weighted by molar-refractivity contribution is 0.0185. The second-order valence-corrected chi connectivity index (χ2v) is 5.36. The van der Waals surface area contributed by atoms with E-state index in [1.54, 1.807) is 0 Å². The fourth-order valence-electron chi connectivity index (χ4n) is 2.76. The van der Waals surface area contributed by atoms with Gasteiger partial charge in [-0.25, -0.2) is 0 Å². The van der Waals surface area contributed by atoms with E-state index in [-0.39, 0.29) is 12.1 Å². The number of pyridine rings is 1. The zero-order chi connectivity index (χ0) is 13.9. The Balaban J connectivity index is 1.93. The minimum absolute atomic E-state index is 0.000411. The van der Waals surface area contributed by atoms with Crippen LogP contribution in [0.15, 0.2) is 36.5 Å². The Bertz CT molecular complexity index is 583. The highest BCUT2D eigenvalue weighted by molar-refractivity contribution is 5.78. The van der Waals surface area contributed by atoms with Crippen LogP contribution in [0.25, 0.3) is 10.9 Å². The van der Waals surface area contributed by atoms with Crippen molar-refractivity contribution in [2.24, 2.45) is 11.8 Å². The van der Waals surface area contributed by atoms with Crippen LogP contribution in [0, 0.1) is 5.92 Å². The molecule has 106 valence electrons. The molecule has 0 radical (unpaired) electrons. The summed E-state index contributed by atoms with van der Waals surface area (Å²) >= 11 is 0. The number of nitrogens with two attached hydrogens (primary N) is 1. The van der Waals surface area contributed by atoms with Crippen LogP contribution < -0.4 is 11.3 Å². The second-order valence-electron chi connectivity index (χ2n) is 5.36. The van der Waals surface area contributed by atoms with Crippen LogP contribution in [0.1, 0.15) is 31.4 Å². The molecule has 1 aliphatic rings. The van der Waals surface area contributed by atoms with E-state index in [0.717, 1.165) is 16.5 Å². The van der Waals surface area contributed by atoms with Crippen LogP contribution in [0.2, 0.25) is 0 Å². The molecule has 1 aromatic heterocycles. The van der Waals surface area contributed by atoms with E-state index >= 15 is 0 Å². The van der Waals surface area contributed by atoms with E-state index < -0.39 is 0 Å². The second kappa shape index (κ2) is 5.87. The molecule has 1 heterocycles. The summed E-state index contributed by atoms with van der Waals surface area (Å²) in [6, 6.07) is 10.3. The minimum atomic E-state index is -0.000411. The van der Waals surface area contributed by atoms with Crippen LogP contribution in [0.5, 0.6) is 0 Å². The van der Waals surface area contributed by atoms with Crippen LogP contribution in [0.4, 0.5) is 0 Å². The lowest BCUT2D eigenvalue weighted by atomic mass is 9.98. The summed E-state index contributed by atoms with van der Waals surface area (Å²) in [5.74, 6) is 6.40. The number of nitrogens with one attached hydrogen (secondary N) is 1. The van der Waals surface area contributed by atoms with Gasteiger partial charge in [-0.05, 0) is 43.4 Å². The number of nitrogens with zero attached hydrogens (tertiary/aromatic N) is 1. The molecule has 0 saturated heterocycles. The zero-order valence-corrected chi connectivity index (χ0v) is 11.8. The van der Waals surface area contributed by atoms with Gasteiger partial charge in [-0.3, -0.25) is 16.3 Å². The van der Waals surface area contributed by atoms with Crippen molar-refractivity contribution in [1.82, 2.24) is 10.4 Å². The van der Waals surface area contributed by atoms with E-state index in [1.165, 1.54) is 12.8 Å². The third-order valence-corrected chi connectivity index (χ3v) is 3.92. The molecule has 2 atom stereocenters. The van der Waals surface area contributed by atoms with Gasteiger partial charge in [0.15, 0.2) is 0 Å². The van der Waals surface area contributed by atoms with Crippen molar-refractivity contribution in [3.63, 3.8) is 0 Å². The molecule has 0 spiro atoms. The highest BCUT2D eigenvalue weighted by Crippen LogP contribution is 2.40. The molecular weight excluding hydrogens is 250 g/mol. The quantitative estimate of drug-likeness (QED) is 0.626. The van der Waals surface area contributed by atoms with Gasteiger partial charge in [0.05, 0.1) is 17.7 Å². The lowest BCUT2D eigenvalue weighted by Gasteiger charge is -2.26. The molecule has 2 aromatic rings. The lowest BCUT2D eigenvalue weighted by Crippen LogP contribution is -2.39. The highest BCUT2D eigenvalue weighted by atomic mass is 16.5. The first-order valence-electron chi connectivity index (χ1n) is 7.26. The molecule has 0 bridgehead atoms. The number of benzene rings is 1. The predicted molar refractivity (Wildman–Crippen MR) is 79.9 cm³/mol. The number of ether oxygens (including phenoxy) is 1. The van der Waals surface area contributed by atoms with Crippen LogP contribution in [0.3, 0.4) is 0 Å². The van der Waals surface area contributed by atoms with E-state index in [0.29, 0.717) is 12.5 Å². The summed E-state index contributed by atoms with van der Waals surface area (Å²) in [6.45, 7) is 2.74. The van der Waals surface area contributed by atoms with Gasteiger partial charge < -0.3 is 4.74 Å². The number of fused-ring (bicyclic) bond motifs is 1. The van der Waals surface area contributed by atoms with Gasteiger partial charge in [-0.2, -0.15) is 0 Å². The molecule has 0 amide bonds. The van der Waals surface area contributed by atoms with Crippen molar-refractivity contribution in [3.05, 3.63) is 42.1 Å². The number of hydrogen-bond acceptors (Lipinski definition) is 4. The molecular formula is C16H21N3O. The van der Waals surface area contributed by atoms with Crippen LogP contribution in [-0.4, -0.2) is 17.7 Å². The molecule has 1 fully saturated rings. The SMILES string of the molecule is CCOC(C1CC1)C(NN)c1cnc2ccccc2c1. The standard InChI is InChI=1S/C16H21N3O/c1-2-20-16(11-7-8-11)15(19-17)13-9-12-5-3-4-6-14(12)18-10-13/h3-6,9-11,15-16,19H,2,7-8,17H2,1H3. The zero-order valence-electron chi connectivity index (χ0n) is 11.8. The summed E-state index contributed by atoms with van der Waals surface area (Å²) in [4.78, 5) is 4.52. The first-order valence-corrected chi connectivity index (χ1v) is 7.26. The topological polar surface area (TPSA) is 60.2 Å². The molecule has 2 unspecified atom stereocenters. The van der Waals surface area contributed by atoms with Gasteiger partial charge in [0.1, 0.15) is 0 Å². The molecule has 3 rings (SSSR count). The van der Waals surface area contributed by atoms with E-state index in [1.807, 2.05) is 31.3 Å². The summed E-state index contributed by atoms with van der Waals surface area (Å²) in [5, 5.41) is 1.14. The van der Waals surface area contributed by atoms with Gasteiger partial charge in [0.25, 0.3) is 0 Å². The number of rotatable bonds is 6. The summed E-state index contributed by atoms with van der Waals surface area (Å²) in [6.07, 6.45) is 4.49. The summed E-state index contributed by atoms with van der Waals surface area (Å²) < 4.78 is 5.92. The van der Waals surface area contributed by atoms with Crippen molar-refractivity contribution >= 4 is 10.9 Å². The maximum absolute atomic E-state index is 5.92. The Labute approximate surface area is 119 Å². The number of hydrogen-bond donors (Lipinski definition) is 2. The smallest absolute Gasteiger partial charge is 0.0811 e. The van der Waals surface area contributed by atoms with Gasteiger partial charge in [-0.1, -0.05) is 18.2 Å². The summed E-state index contributed by atoms with van der Waals surface area (Å²) in [7, 11) is 0. The van der Waals surface area contributed by atoms with Crippen molar-refractivity contribution in [2.45, 2.75) is 31.9 Å². The highest BCUT2D eigenvalue weighted by Gasteiger charge is 2.37. The Hall–Kier alpha value is -1.49. The number of hydrazine groups is 1. The Kier molecular flexibility index (Phi) is 3.96. The number of para-hydroxylation sites is 1. The fraction of sp³-hybridized carbons (Fsp3) is 0.438. The van der Waals surface area contributed by atoms with Crippen LogP contribution >= 0.6 is 0 Å². The maximum Gasteiger partial charge on any atom is 0.0811 e. The monoisotopic (exact) mass is 271 g/mol. The van der Waals surface area contributed by atoms with Crippen molar-refractivity contribution in [1.29, 1.82) is 0 Å². The van der Waals surface area contributed by atoms with E-state index in [9.17, 15) is 0 Å². The molecule has 1 aliphatic carbocycles. The molecule has 1 aromatic carbocycles. The maximum atomic E-state index is 5.92. The van der Waals surface area contributed by atoms with Gasteiger partial charge in [0.2, 0.25) is 0 Å². The first-order chi connectivity index (χ1) is 9.83. The van der Waals surface area contributed by atoms with E-state index in [2.05, 4.69) is 22.5 Å². The first kappa shape index (κ1) is 13.5. The third kappa shape index (κ3) is 2.68. The summed E-state index contributed by atoms with van der Waals surface area (Å²) in [5.41, 5.74) is 5.02. The van der Waals surface area contributed by atoms with Crippen LogP contribution in [-0.2, 0) is 4.74 Å². The predicted octanol–water partition coefficient (Wildman–Crippen LogP) is 2.55. The van der Waals surface area contributed by atoms with Crippen molar-refractivity contribution < 1.29 is 4.74 Å².